The predicted octanol–water partition coefficient (Wildman–Crippen LogP) is 3.06. The molecule has 0 radical (unpaired) electrons. The van der Waals surface area contributed by atoms with Crippen molar-refractivity contribution >= 4 is 28.4 Å². The average molecular weight is 310 g/mol. The van der Waals surface area contributed by atoms with Crippen LogP contribution in [0.3, 0.4) is 0 Å². The third kappa shape index (κ3) is 2.08. The van der Waals surface area contributed by atoms with Crippen LogP contribution in [-0.2, 0) is 11.2 Å². The lowest BCUT2D eigenvalue weighted by atomic mass is 10.1. The molecule has 116 valence electrons. The van der Waals surface area contributed by atoms with E-state index in [0.717, 1.165) is 5.56 Å². The van der Waals surface area contributed by atoms with E-state index in [1.165, 1.54) is 13.1 Å². The molecule has 0 saturated heterocycles. The molecule has 7 heteroatoms. The number of halogens is 3. The van der Waals surface area contributed by atoms with Gasteiger partial charge in [0.1, 0.15) is 0 Å². The van der Waals surface area contributed by atoms with Crippen LogP contribution in [-0.4, -0.2) is 29.1 Å². The van der Waals surface area contributed by atoms with Gasteiger partial charge in [-0.3, -0.25) is 14.2 Å². The van der Waals surface area contributed by atoms with Crippen LogP contribution in [0.25, 0.3) is 10.9 Å². The van der Waals surface area contributed by atoms with Crippen molar-refractivity contribution < 1.29 is 22.8 Å². The van der Waals surface area contributed by atoms with Gasteiger partial charge in [0.15, 0.2) is 0 Å². The highest BCUT2D eigenvalue weighted by Gasteiger charge is 2.41. The lowest BCUT2D eigenvalue weighted by Crippen LogP contribution is -2.28. The molecule has 0 aliphatic carbocycles. The van der Waals surface area contributed by atoms with Crippen LogP contribution in [0.4, 0.5) is 18.9 Å². The van der Waals surface area contributed by atoms with Crippen LogP contribution in [0, 0.1) is 6.92 Å². The van der Waals surface area contributed by atoms with Crippen molar-refractivity contribution in [1.29, 1.82) is 0 Å². The summed E-state index contributed by atoms with van der Waals surface area (Å²) >= 11 is 0. The Morgan fingerprint density at radius 1 is 1.23 bits per heavy atom. The molecule has 1 aliphatic rings. The van der Waals surface area contributed by atoms with Crippen molar-refractivity contribution in [1.82, 2.24) is 4.57 Å². The molecule has 0 saturated carbocycles. The summed E-state index contributed by atoms with van der Waals surface area (Å²) in [4.78, 5) is 24.7. The lowest BCUT2D eigenvalue weighted by molar-refractivity contribution is -0.116. The Hall–Kier alpha value is -2.31. The number of hydrogen-bond donors (Lipinski definition) is 0. The van der Waals surface area contributed by atoms with Gasteiger partial charge in [0.2, 0.25) is 5.91 Å². The number of aryl methyl sites for hydroxylation is 1. The summed E-state index contributed by atoms with van der Waals surface area (Å²) in [6.07, 6.45) is -3.17. The van der Waals surface area contributed by atoms with Crippen LogP contribution < -0.4 is 4.90 Å². The van der Waals surface area contributed by atoms with Gasteiger partial charge in [0, 0.05) is 30.7 Å². The Kier molecular flexibility index (Phi) is 3.05. The third-order valence-corrected chi connectivity index (χ3v) is 3.94. The number of aromatic nitrogens is 1. The van der Waals surface area contributed by atoms with E-state index in [2.05, 4.69) is 0 Å². The van der Waals surface area contributed by atoms with E-state index in [9.17, 15) is 22.8 Å². The summed E-state index contributed by atoms with van der Waals surface area (Å²) in [6.45, 7) is 3.59. The lowest BCUT2D eigenvalue weighted by Gasteiger charge is -2.15. The normalized spacial score (nSPS) is 14.5. The number of rotatable bonds is 0. The highest BCUT2D eigenvalue weighted by atomic mass is 19.4. The maximum atomic E-state index is 12.7. The first-order valence-electron chi connectivity index (χ1n) is 6.74. The van der Waals surface area contributed by atoms with E-state index in [1.54, 1.807) is 24.0 Å². The number of nitrogens with zero attached hydrogens (tertiary/aromatic N) is 2. The number of alkyl halides is 3. The van der Waals surface area contributed by atoms with Gasteiger partial charge in [-0.05, 0) is 36.6 Å². The van der Waals surface area contributed by atoms with Gasteiger partial charge in [-0.25, -0.2) is 0 Å². The Labute approximate surface area is 124 Å². The van der Waals surface area contributed by atoms with Crippen molar-refractivity contribution in [2.45, 2.75) is 26.4 Å². The van der Waals surface area contributed by atoms with E-state index in [0.29, 0.717) is 34.2 Å². The van der Waals surface area contributed by atoms with E-state index >= 15 is 0 Å². The van der Waals surface area contributed by atoms with Crippen LogP contribution in [0.2, 0.25) is 0 Å². The second-order valence-electron chi connectivity index (χ2n) is 5.40. The van der Waals surface area contributed by atoms with E-state index in [1.807, 2.05) is 0 Å². The molecule has 1 aliphatic heterocycles. The number of benzene rings is 1. The Bertz CT molecular complexity index is 805. The number of fused-ring (bicyclic) bond motifs is 2. The second kappa shape index (κ2) is 4.59. The smallest absolute Gasteiger partial charge is 0.312 e. The van der Waals surface area contributed by atoms with Crippen molar-refractivity contribution in [2.75, 3.05) is 11.4 Å². The third-order valence-electron chi connectivity index (χ3n) is 3.94. The largest absolute Gasteiger partial charge is 0.472 e. The number of carbonyl (C=O) groups is 2. The fourth-order valence-electron chi connectivity index (χ4n) is 2.90. The van der Waals surface area contributed by atoms with Gasteiger partial charge in [-0.1, -0.05) is 0 Å². The summed E-state index contributed by atoms with van der Waals surface area (Å²) < 4.78 is 38.7. The number of anilines is 1. The first-order valence-corrected chi connectivity index (χ1v) is 6.74. The Balaban J connectivity index is 2.21. The zero-order valence-corrected chi connectivity index (χ0v) is 12.0. The number of hydrogen-bond acceptors (Lipinski definition) is 2. The minimum atomic E-state index is -4.93. The van der Waals surface area contributed by atoms with Crippen LogP contribution in [0.1, 0.15) is 22.8 Å². The van der Waals surface area contributed by atoms with E-state index in [-0.39, 0.29) is 11.4 Å². The van der Waals surface area contributed by atoms with E-state index in [4.69, 9.17) is 0 Å². The summed E-state index contributed by atoms with van der Waals surface area (Å²) in [6, 6.07) is 3.26. The first-order chi connectivity index (χ1) is 10.2. The molecule has 4 nitrogen and oxygen atoms in total. The van der Waals surface area contributed by atoms with Gasteiger partial charge >= 0.3 is 12.1 Å². The maximum Gasteiger partial charge on any atom is 0.472 e. The zero-order valence-electron chi connectivity index (χ0n) is 12.0. The monoisotopic (exact) mass is 310 g/mol. The maximum absolute atomic E-state index is 12.7. The molecule has 1 aromatic carbocycles. The second-order valence-corrected chi connectivity index (χ2v) is 5.40. The molecule has 1 amide bonds. The summed E-state index contributed by atoms with van der Waals surface area (Å²) in [5.74, 6) is -2.02. The minimum Gasteiger partial charge on any atom is -0.312 e. The van der Waals surface area contributed by atoms with Crippen molar-refractivity contribution in [3.05, 3.63) is 29.5 Å². The fourth-order valence-corrected chi connectivity index (χ4v) is 2.90. The summed E-state index contributed by atoms with van der Waals surface area (Å²) in [5.41, 5.74) is 2.27. The zero-order chi connectivity index (χ0) is 16.2. The standard InChI is InChI=1S/C15H13F3N2O2/c1-8-7-20(14(22)15(16,17)18)13-5-10-3-4-19(9(2)21)12(10)6-11(8)13/h5-7H,3-4H2,1-2H3. The molecule has 3 rings (SSSR count). The van der Waals surface area contributed by atoms with Crippen LogP contribution in [0.5, 0.6) is 0 Å². The van der Waals surface area contributed by atoms with Crippen LogP contribution >= 0.6 is 0 Å². The average Bonchev–Trinajstić information content (AvgIpc) is 2.96. The number of carbonyl (C=O) groups excluding carboxylic acids is 2. The van der Waals surface area contributed by atoms with Crippen molar-refractivity contribution in [3.63, 3.8) is 0 Å². The molecule has 0 bridgehead atoms. The molecule has 0 fully saturated rings. The molecular formula is C15H13F3N2O2. The van der Waals surface area contributed by atoms with E-state index < -0.39 is 12.1 Å². The van der Waals surface area contributed by atoms with Gasteiger partial charge in [-0.15, -0.1) is 0 Å². The number of amides is 1. The topological polar surface area (TPSA) is 42.3 Å². The molecule has 0 N–H and O–H groups in total. The first kappa shape index (κ1) is 14.6. The quantitative estimate of drug-likeness (QED) is 0.750. The summed E-state index contributed by atoms with van der Waals surface area (Å²) in [5, 5.41) is 0.546. The molecule has 2 heterocycles. The molecule has 0 atom stereocenters. The molecule has 22 heavy (non-hydrogen) atoms. The van der Waals surface area contributed by atoms with Gasteiger partial charge in [-0.2, -0.15) is 13.2 Å². The minimum absolute atomic E-state index is 0.110. The van der Waals surface area contributed by atoms with Gasteiger partial charge in [0.25, 0.3) is 0 Å². The van der Waals surface area contributed by atoms with Gasteiger partial charge in [0.05, 0.1) is 5.52 Å². The predicted molar refractivity (Wildman–Crippen MR) is 75.1 cm³/mol. The molecule has 0 spiro atoms. The van der Waals surface area contributed by atoms with Crippen LogP contribution in [0.15, 0.2) is 18.3 Å². The molecule has 0 unspecified atom stereocenters. The fraction of sp³-hybridized carbons (Fsp3) is 0.333. The van der Waals surface area contributed by atoms with Gasteiger partial charge < -0.3 is 4.90 Å². The Morgan fingerprint density at radius 3 is 2.50 bits per heavy atom. The highest BCUT2D eigenvalue weighted by Crippen LogP contribution is 2.35. The molecule has 2 aromatic rings. The SMILES string of the molecule is CC(=O)N1CCc2cc3c(cc21)c(C)cn3C(=O)C(F)(F)F. The van der Waals surface area contributed by atoms with Crippen molar-refractivity contribution in [2.24, 2.45) is 0 Å². The Morgan fingerprint density at radius 2 is 1.91 bits per heavy atom. The molecular weight excluding hydrogens is 297 g/mol. The highest BCUT2D eigenvalue weighted by molar-refractivity contribution is 6.01. The van der Waals surface area contributed by atoms with Crippen molar-refractivity contribution in [3.8, 4) is 0 Å². The summed E-state index contributed by atoms with van der Waals surface area (Å²) in [7, 11) is 0. The molecule has 1 aromatic heterocycles.